The van der Waals surface area contributed by atoms with Gasteiger partial charge in [0, 0.05) is 6.42 Å². The van der Waals surface area contributed by atoms with E-state index in [9.17, 15) is 4.79 Å². The van der Waals surface area contributed by atoms with Gasteiger partial charge in [0.15, 0.2) is 0 Å². The zero-order valence-electron chi connectivity index (χ0n) is 14.0. The van der Waals surface area contributed by atoms with Crippen LogP contribution in [0.4, 0.5) is 11.4 Å². The zero-order valence-corrected chi connectivity index (χ0v) is 14.0. The van der Waals surface area contributed by atoms with Crippen LogP contribution < -0.4 is 11.1 Å². The molecule has 1 saturated carbocycles. The van der Waals surface area contributed by atoms with Gasteiger partial charge < -0.3 is 15.8 Å². The van der Waals surface area contributed by atoms with Crippen LogP contribution in [-0.4, -0.2) is 13.1 Å². The Bertz CT molecular complexity index is 696. The number of nitrogen functional groups attached to an aromatic ring is 1. The van der Waals surface area contributed by atoms with Crippen LogP contribution in [-0.2, 0) is 16.0 Å². The summed E-state index contributed by atoms with van der Waals surface area (Å²) >= 11 is 0. The molecule has 3 rings (SSSR count). The average molecular weight is 324 g/mol. The maximum atomic E-state index is 11.3. The molecule has 4 heteroatoms. The summed E-state index contributed by atoms with van der Waals surface area (Å²) in [6.45, 7) is 0. The monoisotopic (exact) mass is 324 g/mol. The molecule has 1 fully saturated rings. The highest BCUT2D eigenvalue weighted by Crippen LogP contribution is 2.43. The van der Waals surface area contributed by atoms with Crippen molar-refractivity contribution in [2.75, 3.05) is 18.2 Å². The minimum absolute atomic E-state index is 0.200. The largest absolute Gasteiger partial charge is 0.469 e. The fourth-order valence-electron chi connectivity index (χ4n) is 2.98. The Morgan fingerprint density at radius 1 is 1.25 bits per heavy atom. The number of ether oxygens (including phenoxy) is 1. The first kappa shape index (κ1) is 16.4. The molecule has 4 nitrogen and oxygen atoms in total. The van der Waals surface area contributed by atoms with Crippen LogP contribution in [0.15, 0.2) is 48.5 Å². The van der Waals surface area contributed by atoms with E-state index in [2.05, 4.69) is 34.3 Å². The highest BCUT2D eigenvalue weighted by atomic mass is 16.5. The fraction of sp³-hybridized carbons (Fsp3) is 0.350. The lowest BCUT2D eigenvalue weighted by Gasteiger charge is -2.21. The number of hydrogen-bond donors (Lipinski definition) is 2. The molecule has 1 aliphatic rings. The van der Waals surface area contributed by atoms with Crippen molar-refractivity contribution in [1.29, 1.82) is 0 Å². The molecular weight excluding hydrogens is 300 g/mol. The molecule has 0 aromatic heterocycles. The van der Waals surface area contributed by atoms with E-state index in [1.807, 2.05) is 24.3 Å². The van der Waals surface area contributed by atoms with E-state index in [1.165, 1.54) is 25.5 Å². The molecule has 0 spiro atoms. The summed E-state index contributed by atoms with van der Waals surface area (Å²) < 4.78 is 4.68. The lowest BCUT2D eigenvalue weighted by molar-refractivity contribution is -0.140. The molecule has 2 aromatic rings. The van der Waals surface area contributed by atoms with E-state index in [0.29, 0.717) is 24.8 Å². The molecule has 0 radical (unpaired) electrons. The van der Waals surface area contributed by atoms with Gasteiger partial charge in [0.1, 0.15) is 0 Å². The third-order valence-electron chi connectivity index (χ3n) is 4.52. The van der Waals surface area contributed by atoms with Crippen LogP contribution in [0.5, 0.6) is 0 Å². The minimum Gasteiger partial charge on any atom is -0.469 e. The van der Waals surface area contributed by atoms with Gasteiger partial charge in [0.2, 0.25) is 0 Å². The summed E-state index contributed by atoms with van der Waals surface area (Å²) in [4.78, 5) is 11.3. The number of carbonyl (C=O) groups is 1. The highest BCUT2D eigenvalue weighted by molar-refractivity contribution is 5.71. The van der Waals surface area contributed by atoms with E-state index in [-0.39, 0.29) is 5.97 Å². The first-order chi connectivity index (χ1) is 11.7. The molecule has 0 bridgehead atoms. The molecular formula is C20H24N2O2. The smallest absolute Gasteiger partial charge is 0.305 e. The summed E-state index contributed by atoms with van der Waals surface area (Å²) in [6, 6.07) is 16.8. The number of esters is 1. The number of benzene rings is 2. The summed E-state index contributed by atoms with van der Waals surface area (Å²) in [5.41, 5.74) is 10.3. The standard InChI is InChI=1S/C20H24N2O2/c1-24-19(23)12-8-14-7-11-18(17(21)13-14)22-20(16-9-10-16)15-5-3-2-4-6-15/h2-7,11,13,16,20,22H,8-10,12,21H2,1H3. The molecule has 0 aliphatic heterocycles. The van der Waals surface area contributed by atoms with Gasteiger partial charge >= 0.3 is 5.97 Å². The van der Waals surface area contributed by atoms with Crippen LogP contribution in [0.2, 0.25) is 0 Å². The van der Waals surface area contributed by atoms with Crippen LogP contribution in [0.1, 0.15) is 36.4 Å². The number of aryl methyl sites for hydroxylation is 1. The van der Waals surface area contributed by atoms with Gasteiger partial charge in [-0.1, -0.05) is 36.4 Å². The predicted octanol–water partition coefficient (Wildman–Crippen LogP) is 3.94. The molecule has 1 atom stereocenters. The molecule has 0 heterocycles. The van der Waals surface area contributed by atoms with Crippen molar-refractivity contribution in [3.63, 3.8) is 0 Å². The second-order valence-corrected chi connectivity index (χ2v) is 6.37. The molecule has 1 aliphatic carbocycles. The van der Waals surface area contributed by atoms with E-state index >= 15 is 0 Å². The molecule has 0 amide bonds. The fourth-order valence-corrected chi connectivity index (χ4v) is 2.98. The third-order valence-corrected chi connectivity index (χ3v) is 4.52. The van der Waals surface area contributed by atoms with Crippen LogP contribution in [0.25, 0.3) is 0 Å². The second kappa shape index (κ2) is 7.39. The number of nitrogens with one attached hydrogen (secondary N) is 1. The summed E-state index contributed by atoms with van der Waals surface area (Å²) in [5.74, 6) is 0.472. The lowest BCUT2D eigenvalue weighted by atomic mass is 10.0. The average Bonchev–Trinajstić information content (AvgIpc) is 3.44. The van der Waals surface area contributed by atoms with Gasteiger partial charge in [-0.05, 0) is 48.4 Å². The van der Waals surface area contributed by atoms with Gasteiger partial charge in [0.25, 0.3) is 0 Å². The first-order valence-electron chi connectivity index (χ1n) is 8.44. The highest BCUT2D eigenvalue weighted by Gasteiger charge is 2.32. The Kier molecular flexibility index (Phi) is 5.04. The van der Waals surface area contributed by atoms with Crippen molar-refractivity contribution in [3.8, 4) is 0 Å². The SMILES string of the molecule is COC(=O)CCc1ccc(NC(c2ccccc2)C2CC2)c(N)c1. The van der Waals surface area contributed by atoms with Crippen molar-refractivity contribution < 1.29 is 9.53 Å². The molecule has 1 unspecified atom stereocenters. The van der Waals surface area contributed by atoms with Gasteiger partial charge in [-0.2, -0.15) is 0 Å². The number of methoxy groups -OCH3 is 1. The Labute approximate surface area is 143 Å². The Balaban J connectivity index is 1.71. The van der Waals surface area contributed by atoms with E-state index < -0.39 is 0 Å². The van der Waals surface area contributed by atoms with Crippen molar-refractivity contribution in [1.82, 2.24) is 0 Å². The number of anilines is 2. The van der Waals surface area contributed by atoms with Gasteiger partial charge in [0.05, 0.1) is 24.5 Å². The Hall–Kier alpha value is -2.49. The van der Waals surface area contributed by atoms with Crippen molar-refractivity contribution in [2.24, 2.45) is 5.92 Å². The minimum atomic E-state index is -0.200. The van der Waals surface area contributed by atoms with E-state index in [4.69, 9.17) is 5.73 Å². The molecule has 3 N–H and O–H groups in total. The number of rotatable bonds is 7. The molecule has 0 saturated heterocycles. The molecule has 2 aromatic carbocycles. The predicted molar refractivity (Wildman–Crippen MR) is 96.7 cm³/mol. The van der Waals surface area contributed by atoms with Crippen molar-refractivity contribution in [2.45, 2.75) is 31.7 Å². The third kappa shape index (κ3) is 4.07. The summed E-state index contributed by atoms with van der Waals surface area (Å²) in [5, 5.41) is 3.61. The number of nitrogens with two attached hydrogens (primary N) is 1. The first-order valence-corrected chi connectivity index (χ1v) is 8.44. The van der Waals surface area contributed by atoms with Crippen LogP contribution in [0.3, 0.4) is 0 Å². The maximum absolute atomic E-state index is 11.3. The summed E-state index contributed by atoms with van der Waals surface area (Å²) in [6.07, 6.45) is 3.52. The van der Waals surface area contributed by atoms with Crippen molar-refractivity contribution in [3.05, 3.63) is 59.7 Å². The van der Waals surface area contributed by atoms with E-state index in [1.54, 1.807) is 0 Å². The number of carbonyl (C=O) groups excluding carboxylic acids is 1. The molecule has 126 valence electrons. The topological polar surface area (TPSA) is 64.3 Å². The maximum Gasteiger partial charge on any atom is 0.305 e. The Morgan fingerprint density at radius 2 is 2.00 bits per heavy atom. The van der Waals surface area contributed by atoms with Crippen LogP contribution in [0, 0.1) is 5.92 Å². The van der Waals surface area contributed by atoms with E-state index in [0.717, 1.165) is 16.9 Å². The van der Waals surface area contributed by atoms with Gasteiger partial charge in [-0.3, -0.25) is 4.79 Å². The lowest BCUT2D eigenvalue weighted by Crippen LogP contribution is -2.14. The van der Waals surface area contributed by atoms with Gasteiger partial charge in [-0.15, -0.1) is 0 Å². The number of hydrogen-bond acceptors (Lipinski definition) is 4. The quantitative estimate of drug-likeness (QED) is 0.598. The van der Waals surface area contributed by atoms with Gasteiger partial charge in [-0.25, -0.2) is 0 Å². The Morgan fingerprint density at radius 3 is 2.62 bits per heavy atom. The summed E-state index contributed by atoms with van der Waals surface area (Å²) in [7, 11) is 1.41. The van der Waals surface area contributed by atoms with Crippen LogP contribution >= 0.6 is 0 Å². The normalized spacial score (nSPS) is 14.9. The molecule has 24 heavy (non-hydrogen) atoms. The van der Waals surface area contributed by atoms with Crippen molar-refractivity contribution >= 4 is 17.3 Å². The second-order valence-electron chi connectivity index (χ2n) is 6.37. The zero-order chi connectivity index (χ0) is 16.9.